The van der Waals surface area contributed by atoms with Crippen LogP contribution in [0.1, 0.15) is 41.9 Å². The average molecular weight is 263 g/mol. The standard InChI is InChI=1S/C14H21N3O2/c1-10-9-11(15-19-10)14(18)17-8-4-6-13(17)12-5-3-7-16(12)2/h9,12-13H,3-8H2,1-2H3. The van der Waals surface area contributed by atoms with Gasteiger partial charge in [-0.05, 0) is 46.2 Å². The number of aromatic nitrogens is 1. The predicted molar refractivity (Wildman–Crippen MR) is 71.0 cm³/mol. The van der Waals surface area contributed by atoms with Gasteiger partial charge in [0.2, 0.25) is 0 Å². The highest BCUT2D eigenvalue weighted by Crippen LogP contribution is 2.29. The summed E-state index contributed by atoms with van der Waals surface area (Å²) >= 11 is 0. The molecule has 2 aliphatic rings. The van der Waals surface area contributed by atoms with Gasteiger partial charge in [0.1, 0.15) is 5.76 Å². The molecular formula is C14H21N3O2. The molecule has 1 aromatic rings. The fourth-order valence-electron chi connectivity index (χ4n) is 3.48. The van der Waals surface area contributed by atoms with E-state index in [4.69, 9.17) is 4.52 Å². The minimum Gasteiger partial charge on any atom is -0.361 e. The molecule has 2 atom stereocenters. The lowest BCUT2D eigenvalue weighted by atomic mass is 10.0. The van der Waals surface area contributed by atoms with Crippen molar-refractivity contribution < 1.29 is 9.32 Å². The zero-order chi connectivity index (χ0) is 13.4. The number of likely N-dealkylation sites (N-methyl/N-ethyl adjacent to an activating group) is 1. The Morgan fingerprint density at radius 1 is 1.32 bits per heavy atom. The molecule has 0 saturated carbocycles. The summed E-state index contributed by atoms with van der Waals surface area (Å²) in [5, 5.41) is 3.86. The van der Waals surface area contributed by atoms with E-state index in [1.54, 1.807) is 6.07 Å². The fourth-order valence-corrected chi connectivity index (χ4v) is 3.48. The lowest BCUT2D eigenvalue weighted by Gasteiger charge is -2.32. The van der Waals surface area contributed by atoms with E-state index in [0.717, 1.165) is 25.9 Å². The van der Waals surface area contributed by atoms with Crippen LogP contribution in [0.25, 0.3) is 0 Å². The summed E-state index contributed by atoms with van der Waals surface area (Å²) in [5.41, 5.74) is 0.449. The Morgan fingerprint density at radius 3 is 2.68 bits per heavy atom. The Bertz CT molecular complexity index is 471. The monoisotopic (exact) mass is 263 g/mol. The first-order valence-corrected chi connectivity index (χ1v) is 7.11. The predicted octanol–water partition coefficient (Wildman–Crippen LogP) is 1.68. The number of rotatable bonds is 2. The number of hydrogen-bond donors (Lipinski definition) is 0. The van der Waals surface area contributed by atoms with Gasteiger partial charge in [0, 0.05) is 24.7 Å². The molecular weight excluding hydrogens is 242 g/mol. The van der Waals surface area contributed by atoms with Gasteiger partial charge in [-0.15, -0.1) is 0 Å². The molecule has 2 unspecified atom stereocenters. The lowest BCUT2D eigenvalue weighted by molar-refractivity contribution is 0.0654. The summed E-state index contributed by atoms with van der Waals surface area (Å²) in [5.74, 6) is 0.719. The van der Waals surface area contributed by atoms with Crippen LogP contribution < -0.4 is 0 Å². The normalized spacial score (nSPS) is 28.2. The quantitative estimate of drug-likeness (QED) is 0.814. The van der Waals surface area contributed by atoms with Crippen molar-refractivity contribution >= 4 is 5.91 Å². The molecule has 2 fully saturated rings. The maximum absolute atomic E-state index is 12.5. The summed E-state index contributed by atoms with van der Waals surface area (Å²) in [6, 6.07) is 2.59. The van der Waals surface area contributed by atoms with Gasteiger partial charge < -0.3 is 14.3 Å². The highest BCUT2D eigenvalue weighted by Gasteiger charge is 2.39. The summed E-state index contributed by atoms with van der Waals surface area (Å²) in [6.45, 7) is 3.81. The van der Waals surface area contributed by atoms with E-state index in [2.05, 4.69) is 17.1 Å². The number of carbonyl (C=O) groups excluding carboxylic acids is 1. The summed E-state index contributed by atoms with van der Waals surface area (Å²) in [6.07, 6.45) is 4.64. The molecule has 0 aromatic carbocycles. The molecule has 0 aliphatic carbocycles. The van der Waals surface area contributed by atoms with Gasteiger partial charge in [0.25, 0.3) is 5.91 Å². The van der Waals surface area contributed by atoms with E-state index < -0.39 is 0 Å². The van der Waals surface area contributed by atoms with Crippen molar-refractivity contribution in [2.24, 2.45) is 0 Å². The fraction of sp³-hybridized carbons (Fsp3) is 0.714. The second kappa shape index (κ2) is 4.96. The van der Waals surface area contributed by atoms with E-state index in [1.165, 1.54) is 12.8 Å². The molecule has 104 valence electrons. The summed E-state index contributed by atoms with van der Waals surface area (Å²) < 4.78 is 5.02. The molecule has 5 heteroatoms. The van der Waals surface area contributed by atoms with Crippen LogP contribution in [-0.4, -0.2) is 53.1 Å². The van der Waals surface area contributed by atoms with Crippen molar-refractivity contribution in [3.8, 4) is 0 Å². The van der Waals surface area contributed by atoms with Crippen LogP contribution in [-0.2, 0) is 0 Å². The van der Waals surface area contributed by atoms with Gasteiger partial charge in [-0.25, -0.2) is 0 Å². The molecule has 3 rings (SSSR count). The zero-order valence-corrected chi connectivity index (χ0v) is 11.6. The van der Waals surface area contributed by atoms with Crippen molar-refractivity contribution in [3.05, 3.63) is 17.5 Å². The highest BCUT2D eigenvalue weighted by molar-refractivity contribution is 5.92. The Kier molecular flexibility index (Phi) is 3.31. The van der Waals surface area contributed by atoms with Crippen LogP contribution in [0.2, 0.25) is 0 Å². The Balaban J connectivity index is 1.77. The molecule has 1 amide bonds. The smallest absolute Gasteiger partial charge is 0.276 e. The number of amides is 1. The minimum absolute atomic E-state index is 0.0275. The lowest BCUT2D eigenvalue weighted by Crippen LogP contribution is -2.47. The zero-order valence-electron chi connectivity index (χ0n) is 11.6. The topological polar surface area (TPSA) is 49.6 Å². The van der Waals surface area contributed by atoms with Gasteiger partial charge in [0.15, 0.2) is 5.69 Å². The number of likely N-dealkylation sites (tertiary alicyclic amines) is 2. The molecule has 1 aromatic heterocycles. The van der Waals surface area contributed by atoms with Crippen LogP contribution in [0.3, 0.4) is 0 Å². The van der Waals surface area contributed by atoms with Gasteiger partial charge >= 0.3 is 0 Å². The molecule has 5 nitrogen and oxygen atoms in total. The number of nitrogens with zero attached hydrogens (tertiary/aromatic N) is 3. The molecule has 0 radical (unpaired) electrons. The van der Waals surface area contributed by atoms with Crippen molar-refractivity contribution in [2.45, 2.75) is 44.7 Å². The third kappa shape index (κ3) is 2.27. The number of aryl methyl sites for hydroxylation is 1. The Morgan fingerprint density at radius 2 is 2.05 bits per heavy atom. The number of hydrogen-bond acceptors (Lipinski definition) is 4. The van der Waals surface area contributed by atoms with Gasteiger partial charge in [0.05, 0.1) is 0 Å². The Labute approximate surface area is 113 Å². The molecule has 2 saturated heterocycles. The first kappa shape index (κ1) is 12.7. The van der Waals surface area contributed by atoms with Crippen molar-refractivity contribution in [2.75, 3.05) is 20.1 Å². The van der Waals surface area contributed by atoms with Gasteiger partial charge in [-0.2, -0.15) is 0 Å². The van der Waals surface area contributed by atoms with Crippen LogP contribution in [0, 0.1) is 6.92 Å². The maximum Gasteiger partial charge on any atom is 0.276 e. The first-order valence-electron chi connectivity index (χ1n) is 7.11. The van der Waals surface area contributed by atoms with E-state index >= 15 is 0 Å². The largest absolute Gasteiger partial charge is 0.361 e. The molecule has 2 aliphatic heterocycles. The van der Waals surface area contributed by atoms with Crippen LogP contribution in [0.5, 0.6) is 0 Å². The van der Waals surface area contributed by atoms with E-state index in [9.17, 15) is 4.79 Å². The second-order valence-electron chi connectivity index (χ2n) is 5.72. The SMILES string of the molecule is Cc1cc(C(=O)N2CCCC2C2CCCN2C)no1. The molecule has 0 bridgehead atoms. The van der Waals surface area contributed by atoms with Crippen molar-refractivity contribution in [3.63, 3.8) is 0 Å². The number of carbonyl (C=O) groups is 1. The van der Waals surface area contributed by atoms with Crippen LogP contribution in [0.15, 0.2) is 10.6 Å². The third-order valence-electron chi connectivity index (χ3n) is 4.43. The first-order chi connectivity index (χ1) is 9.16. The molecule has 0 N–H and O–H groups in total. The third-order valence-corrected chi connectivity index (χ3v) is 4.43. The summed E-state index contributed by atoms with van der Waals surface area (Å²) in [4.78, 5) is 16.9. The van der Waals surface area contributed by atoms with Crippen molar-refractivity contribution in [1.29, 1.82) is 0 Å². The molecule has 0 spiro atoms. The average Bonchev–Trinajstić information content (AvgIpc) is 3.07. The highest BCUT2D eigenvalue weighted by atomic mass is 16.5. The van der Waals surface area contributed by atoms with Crippen molar-refractivity contribution in [1.82, 2.24) is 15.0 Å². The maximum atomic E-state index is 12.5. The summed E-state index contributed by atoms with van der Waals surface area (Å²) in [7, 11) is 2.17. The second-order valence-corrected chi connectivity index (χ2v) is 5.72. The van der Waals surface area contributed by atoms with Crippen LogP contribution in [0.4, 0.5) is 0 Å². The van der Waals surface area contributed by atoms with Gasteiger partial charge in [-0.3, -0.25) is 4.79 Å². The van der Waals surface area contributed by atoms with E-state index in [-0.39, 0.29) is 5.91 Å². The molecule has 19 heavy (non-hydrogen) atoms. The molecule has 3 heterocycles. The van der Waals surface area contributed by atoms with Crippen LogP contribution >= 0.6 is 0 Å². The Hall–Kier alpha value is -1.36. The minimum atomic E-state index is 0.0275. The van der Waals surface area contributed by atoms with Gasteiger partial charge in [-0.1, -0.05) is 5.16 Å². The van der Waals surface area contributed by atoms with E-state index in [1.807, 2.05) is 11.8 Å². The van der Waals surface area contributed by atoms with E-state index in [0.29, 0.717) is 23.5 Å².